The van der Waals surface area contributed by atoms with Crippen LogP contribution in [0.4, 0.5) is 0 Å². The van der Waals surface area contributed by atoms with E-state index in [2.05, 4.69) is 22.1 Å². The maximum Gasteiger partial charge on any atom is 0.244 e. The molecule has 4 aromatic rings. The minimum absolute atomic E-state index is 0.0599. The van der Waals surface area contributed by atoms with Gasteiger partial charge in [-0.15, -0.1) is 10.2 Å². The summed E-state index contributed by atoms with van der Waals surface area (Å²) in [4.78, 5) is 17.6. The molecule has 0 spiro atoms. The molecule has 0 radical (unpaired) electrons. The summed E-state index contributed by atoms with van der Waals surface area (Å²) in [5.74, 6) is 0.0599. The molecule has 0 unspecified atom stereocenters. The van der Waals surface area contributed by atoms with Crippen LogP contribution in [0.5, 0.6) is 0 Å². The summed E-state index contributed by atoms with van der Waals surface area (Å²) in [5, 5.41) is 14.9. The molecule has 2 saturated heterocycles. The van der Waals surface area contributed by atoms with E-state index in [0.29, 0.717) is 33.5 Å². The van der Waals surface area contributed by atoms with Crippen LogP contribution < -0.4 is 0 Å². The van der Waals surface area contributed by atoms with Crippen molar-refractivity contribution in [2.45, 2.75) is 25.0 Å². The lowest BCUT2D eigenvalue weighted by Gasteiger charge is -2.31. The molecule has 0 N–H and O–H groups in total. The highest BCUT2D eigenvalue weighted by Crippen LogP contribution is 2.37. The van der Waals surface area contributed by atoms with Gasteiger partial charge >= 0.3 is 0 Å². The van der Waals surface area contributed by atoms with Crippen molar-refractivity contribution < 1.29 is 4.79 Å². The highest BCUT2D eigenvalue weighted by atomic mass is 35.5. The smallest absolute Gasteiger partial charge is 0.244 e. The van der Waals surface area contributed by atoms with Gasteiger partial charge in [0.2, 0.25) is 5.91 Å². The van der Waals surface area contributed by atoms with Gasteiger partial charge in [-0.05, 0) is 13.5 Å². The number of hydrogen-bond acceptors (Lipinski definition) is 5. The molecule has 166 valence electrons. The highest BCUT2D eigenvalue weighted by molar-refractivity contribution is 6.38. The molecule has 33 heavy (non-hydrogen) atoms. The van der Waals surface area contributed by atoms with Gasteiger partial charge in [-0.3, -0.25) is 9.69 Å². The Kier molecular flexibility index (Phi) is 4.89. The molecule has 2 atom stereocenters. The Morgan fingerprint density at radius 3 is 2.21 bits per heavy atom. The van der Waals surface area contributed by atoms with Crippen molar-refractivity contribution in [2.75, 3.05) is 20.1 Å². The standard InChI is InChI=1S/C25H23ClN6O/c1-30-13-19-12-18(30)14-31(19)20(33)15-32-25-21(23(29-32)16-8-4-2-5-9-16)22(26)24(27-28-25)17-10-6-3-7-11-17/h2-11,18-19H,12-15H2,1H3/t18-,19-/m1/s1. The number of rotatable bonds is 4. The molecule has 2 aliphatic heterocycles. The summed E-state index contributed by atoms with van der Waals surface area (Å²) in [6.07, 6.45) is 1.05. The third-order valence-corrected chi connectivity index (χ3v) is 7.18. The predicted molar refractivity (Wildman–Crippen MR) is 128 cm³/mol. The van der Waals surface area contributed by atoms with E-state index in [0.717, 1.165) is 30.6 Å². The van der Waals surface area contributed by atoms with Crippen molar-refractivity contribution in [3.8, 4) is 22.5 Å². The summed E-state index contributed by atoms with van der Waals surface area (Å²) in [6, 6.07) is 20.3. The average molecular weight is 459 g/mol. The van der Waals surface area contributed by atoms with Crippen LogP contribution in [-0.4, -0.2) is 67.9 Å². The van der Waals surface area contributed by atoms with Crippen molar-refractivity contribution in [2.24, 2.45) is 0 Å². The van der Waals surface area contributed by atoms with Gasteiger partial charge in [0.05, 0.1) is 10.4 Å². The molecule has 2 aromatic carbocycles. The number of hydrogen-bond donors (Lipinski definition) is 0. The van der Waals surface area contributed by atoms with Gasteiger partial charge < -0.3 is 4.90 Å². The van der Waals surface area contributed by atoms with E-state index in [1.54, 1.807) is 4.68 Å². The van der Waals surface area contributed by atoms with Crippen LogP contribution in [0.25, 0.3) is 33.5 Å². The monoisotopic (exact) mass is 458 g/mol. The first-order valence-electron chi connectivity index (χ1n) is 11.1. The SMILES string of the molecule is CN1C[C@H]2C[C@@H]1CN2C(=O)Cn1nc(-c2ccccc2)c2c(Cl)c(-c3ccccc3)nnc21. The average Bonchev–Trinajstić information content (AvgIpc) is 3.53. The molecule has 6 rings (SSSR count). The van der Waals surface area contributed by atoms with Gasteiger partial charge in [0.1, 0.15) is 17.9 Å². The molecule has 2 aromatic heterocycles. The third-order valence-electron chi connectivity index (χ3n) is 6.81. The molecular weight excluding hydrogens is 436 g/mol. The summed E-state index contributed by atoms with van der Waals surface area (Å²) in [5.41, 5.74) is 3.64. The van der Waals surface area contributed by atoms with E-state index in [9.17, 15) is 4.79 Å². The Morgan fingerprint density at radius 1 is 0.939 bits per heavy atom. The molecule has 7 nitrogen and oxygen atoms in total. The third kappa shape index (κ3) is 3.39. The topological polar surface area (TPSA) is 67.2 Å². The van der Waals surface area contributed by atoms with Crippen molar-refractivity contribution >= 4 is 28.5 Å². The lowest BCUT2D eigenvalue weighted by molar-refractivity contribution is -0.134. The zero-order valence-electron chi connectivity index (χ0n) is 18.2. The Bertz CT molecular complexity index is 1340. The maximum absolute atomic E-state index is 13.2. The molecule has 2 aliphatic rings. The van der Waals surface area contributed by atoms with E-state index < -0.39 is 0 Å². The van der Waals surface area contributed by atoms with Crippen molar-refractivity contribution in [3.05, 3.63) is 65.7 Å². The fourth-order valence-electron chi connectivity index (χ4n) is 5.10. The van der Waals surface area contributed by atoms with E-state index in [1.807, 2.05) is 65.6 Å². The Balaban J connectivity index is 1.44. The Morgan fingerprint density at radius 2 is 1.61 bits per heavy atom. The fraction of sp³-hybridized carbons (Fsp3) is 0.280. The molecule has 8 heteroatoms. The second-order valence-corrected chi connectivity index (χ2v) is 9.21. The van der Waals surface area contributed by atoms with Gasteiger partial charge in [-0.25, -0.2) is 4.68 Å². The van der Waals surface area contributed by atoms with Crippen LogP contribution >= 0.6 is 11.6 Å². The number of carbonyl (C=O) groups is 1. The number of benzene rings is 2. The zero-order valence-corrected chi connectivity index (χ0v) is 19.0. The maximum atomic E-state index is 13.2. The van der Waals surface area contributed by atoms with Crippen LogP contribution in [0.2, 0.25) is 5.02 Å². The highest BCUT2D eigenvalue weighted by Gasteiger charge is 2.43. The number of piperazine rings is 1. The molecule has 2 bridgehead atoms. The quantitative estimate of drug-likeness (QED) is 0.466. The van der Waals surface area contributed by atoms with Crippen molar-refractivity contribution in [1.82, 2.24) is 29.8 Å². The number of amides is 1. The van der Waals surface area contributed by atoms with E-state index in [1.165, 1.54) is 0 Å². The molecule has 1 amide bonds. The summed E-state index contributed by atoms with van der Waals surface area (Å²) in [7, 11) is 2.13. The van der Waals surface area contributed by atoms with Gasteiger partial charge in [0.15, 0.2) is 5.65 Å². The minimum atomic E-state index is 0.0599. The first-order chi connectivity index (χ1) is 16.1. The number of aromatic nitrogens is 4. The number of likely N-dealkylation sites (N-methyl/N-ethyl adjacent to an activating group) is 1. The second-order valence-electron chi connectivity index (χ2n) is 8.83. The molecule has 0 aliphatic carbocycles. The lowest BCUT2D eigenvalue weighted by Crippen LogP contribution is -2.48. The van der Waals surface area contributed by atoms with Gasteiger partial charge in [-0.2, -0.15) is 5.10 Å². The number of halogens is 1. The number of likely N-dealkylation sites (tertiary alicyclic amines) is 2. The predicted octanol–water partition coefficient (Wildman–Crippen LogP) is 3.73. The van der Waals surface area contributed by atoms with Crippen LogP contribution in [0.15, 0.2) is 60.7 Å². The van der Waals surface area contributed by atoms with Gasteiger partial charge in [-0.1, -0.05) is 72.3 Å². The van der Waals surface area contributed by atoms with E-state index >= 15 is 0 Å². The molecule has 4 heterocycles. The van der Waals surface area contributed by atoms with E-state index in [4.69, 9.17) is 16.7 Å². The molecule has 0 saturated carbocycles. The second kappa shape index (κ2) is 7.93. The van der Waals surface area contributed by atoms with Gasteiger partial charge in [0.25, 0.3) is 0 Å². The molecular formula is C25H23ClN6O. The minimum Gasteiger partial charge on any atom is -0.335 e. The van der Waals surface area contributed by atoms with Crippen LogP contribution in [-0.2, 0) is 11.3 Å². The fourth-order valence-corrected chi connectivity index (χ4v) is 5.42. The van der Waals surface area contributed by atoms with E-state index in [-0.39, 0.29) is 18.5 Å². The normalized spacial score (nSPS) is 20.1. The molecule has 2 fully saturated rings. The number of carbonyl (C=O) groups excluding carboxylic acids is 1. The summed E-state index contributed by atoms with van der Waals surface area (Å²) < 4.78 is 1.66. The van der Waals surface area contributed by atoms with Crippen LogP contribution in [0.1, 0.15) is 6.42 Å². The van der Waals surface area contributed by atoms with Crippen molar-refractivity contribution in [1.29, 1.82) is 0 Å². The first-order valence-corrected chi connectivity index (χ1v) is 11.5. The van der Waals surface area contributed by atoms with Crippen LogP contribution in [0.3, 0.4) is 0 Å². The lowest BCUT2D eigenvalue weighted by atomic mass is 10.1. The number of nitrogens with zero attached hydrogens (tertiary/aromatic N) is 6. The van der Waals surface area contributed by atoms with Crippen molar-refractivity contribution in [3.63, 3.8) is 0 Å². The van der Waals surface area contributed by atoms with Gasteiger partial charge in [0, 0.05) is 36.3 Å². The van der Waals surface area contributed by atoms with Crippen LogP contribution in [0, 0.1) is 0 Å². The first kappa shape index (κ1) is 20.3. The summed E-state index contributed by atoms with van der Waals surface area (Å²) >= 11 is 6.92. The number of fused-ring (bicyclic) bond motifs is 3. The zero-order chi connectivity index (χ0) is 22.5. The Hall–Kier alpha value is -3.29. The summed E-state index contributed by atoms with van der Waals surface area (Å²) in [6.45, 7) is 1.82. The largest absolute Gasteiger partial charge is 0.335 e. The Labute approximate surface area is 196 Å².